The van der Waals surface area contributed by atoms with Crippen molar-refractivity contribution in [1.29, 1.82) is 0 Å². The van der Waals surface area contributed by atoms with Crippen molar-refractivity contribution in [1.82, 2.24) is 9.13 Å². The summed E-state index contributed by atoms with van der Waals surface area (Å²) >= 11 is 0. The maximum Gasteiger partial charge on any atom is 0.330 e. The molecule has 0 aliphatic carbocycles. The zero-order valence-corrected chi connectivity index (χ0v) is 13.0. The summed E-state index contributed by atoms with van der Waals surface area (Å²) in [5, 5.41) is 0. The first-order valence-corrected chi connectivity index (χ1v) is 6.78. The first-order valence-electron chi connectivity index (χ1n) is 6.78. The van der Waals surface area contributed by atoms with E-state index >= 15 is 0 Å². The molecular weight excluding hydrogens is 268 g/mol. The van der Waals surface area contributed by atoms with E-state index in [2.05, 4.69) is 0 Å². The van der Waals surface area contributed by atoms with E-state index in [9.17, 15) is 9.59 Å². The summed E-state index contributed by atoms with van der Waals surface area (Å²) in [6.45, 7) is 3.73. The summed E-state index contributed by atoms with van der Waals surface area (Å²) < 4.78 is 7.94. The monoisotopic (exact) mass is 288 g/mol. The van der Waals surface area contributed by atoms with Crippen molar-refractivity contribution in [3.8, 4) is 11.1 Å². The summed E-state index contributed by atoms with van der Waals surface area (Å²) in [6, 6.07) is 7.66. The molecule has 5 nitrogen and oxygen atoms in total. The van der Waals surface area contributed by atoms with Gasteiger partial charge in [0.2, 0.25) is 0 Å². The molecule has 0 N–H and O–H groups in total. The standard InChI is InChI=1S/C16H20N2O3/c1-10-14(15(19)18(4)16(20)17(10)3)13-8-6-7-12(9-13)11(2)21-5/h6-9,11H,1-5H3/t11-/m0/s1. The smallest absolute Gasteiger partial charge is 0.330 e. The highest BCUT2D eigenvalue weighted by Gasteiger charge is 2.15. The Morgan fingerprint density at radius 2 is 1.81 bits per heavy atom. The molecule has 1 atom stereocenters. The van der Waals surface area contributed by atoms with E-state index in [-0.39, 0.29) is 17.4 Å². The maximum atomic E-state index is 12.4. The fourth-order valence-electron chi connectivity index (χ4n) is 2.36. The van der Waals surface area contributed by atoms with Crippen LogP contribution in [0.2, 0.25) is 0 Å². The van der Waals surface area contributed by atoms with Gasteiger partial charge in [0, 0.05) is 26.9 Å². The van der Waals surface area contributed by atoms with E-state index in [1.54, 1.807) is 21.1 Å². The minimum absolute atomic E-state index is 0.0540. The second-order valence-electron chi connectivity index (χ2n) is 5.17. The van der Waals surface area contributed by atoms with Gasteiger partial charge in [0.05, 0.1) is 11.7 Å². The summed E-state index contributed by atoms with van der Waals surface area (Å²) in [5.41, 5.74) is 2.39. The Morgan fingerprint density at radius 1 is 1.14 bits per heavy atom. The van der Waals surface area contributed by atoms with Crippen molar-refractivity contribution >= 4 is 0 Å². The van der Waals surface area contributed by atoms with Crippen LogP contribution >= 0.6 is 0 Å². The Kier molecular flexibility index (Phi) is 4.14. The average molecular weight is 288 g/mol. The largest absolute Gasteiger partial charge is 0.377 e. The van der Waals surface area contributed by atoms with Crippen molar-refractivity contribution in [3.63, 3.8) is 0 Å². The van der Waals surface area contributed by atoms with Crippen LogP contribution in [0.15, 0.2) is 33.9 Å². The second-order valence-corrected chi connectivity index (χ2v) is 5.17. The van der Waals surface area contributed by atoms with Gasteiger partial charge in [0.1, 0.15) is 0 Å². The van der Waals surface area contributed by atoms with Gasteiger partial charge in [-0.25, -0.2) is 4.79 Å². The Labute approximate surface area is 123 Å². The summed E-state index contributed by atoms with van der Waals surface area (Å²) in [4.78, 5) is 24.4. The molecule has 2 aromatic rings. The highest BCUT2D eigenvalue weighted by Crippen LogP contribution is 2.23. The van der Waals surface area contributed by atoms with Gasteiger partial charge in [0.15, 0.2) is 0 Å². The van der Waals surface area contributed by atoms with E-state index in [1.165, 1.54) is 11.6 Å². The lowest BCUT2D eigenvalue weighted by Gasteiger charge is -2.14. The second kappa shape index (κ2) is 5.69. The van der Waals surface area contributed by atoms with Crippen molar-refractivity contribution in [2.24, 2.45) is 14.1 Å². The lowest BCUT2D eigenvalue weighted by atomic mass is 10.0. The molecule has 0 fully saturated rings. The maximum absolute atomic E-state index is 12.4. The third kappa shape index (κ3) is 2.56. The SMILES string of the molecule is CO[C@@H](C)c1cccc(-c2c(C)n(C)c(=O)n(C)c2=O)c1. The van der Waals surface area contributed by atoms with E-state index in [1.807, 2.05) is 31.2 Å². The van der Waals surface area contributed by atoms with Crippen LogP contribution in [0.25, 0.3) is 11.1 Å². The van der Waals surface area contributed by atoms with Crippen LogP contribution in [0.1, 0.15) is 24.3 Å². The first-order chi connectivity index (χ1) is 9.88. The number of ether oxygens (including phenoxy) is 1. The predicted molar refractivity (Wildman–Crippen MR) is 82.5 cm³/mol. The molecule has 0 radical (unpaired) electrons. The number of methoxy groups -OCH3 is 1. The Bertz CT molecular complexity index is 787. The molecule has 1 aromatic heterocycles. The van der Waals surface area contributed by atoms with Crippen LogP contribution in [0, 0.1) is 6.92 Å². The quantitative estimate of drug-likeness (QED) is 0.865. The van der Waals surface area contributed by atoms with E-state index in [4.69, 9.17) is 4.74 Å². The Morgan fingerprint density at radius 3 is 2.43 bits per heavy atom. The lowest BCUT2D eigenvalue weighted by Crippen LogP contribution is -2.39. The van der Waals surface area contributed by atoms with E-state index < -0.39 is 0 Å². The van der Waals surface area contributed by atoms with E-state index in [0.29, 0.717) is 11.3 Å². The third-order valence-electron chi connectivity index (χ3n) is 3.96. The molecule has 1 heterocycles. The number of hydrogen-bond donors (Lipinski definition) is 0. The summed E-state index contributed by atoms with van der Waals surface area (Å²) in [7, 11) is 4.81. The molecule has 0 aliphatic rings. The molecule has 5 heteroatoms. The predicted octanol–water partition coefficient (Wildman–Crippen LogP) is 1.77. The molecule has 112 valence electrons. The molecule has 0 unspecified atom stereocenters. The average Bonchev–Trinajstić information content (AvgIpc) is 2.50. The third-order valence-corrected chi connectivity index (χ3v) is 3.96. The van der Waals surface area contributed by atoms with Gasteiger partial charge in [-0.15, -0.1) is 0 Å². The minimum Gasteiger partial charge on any atom is -0.377 e. The van der Waals surface area contributed by atoms with Crippen molar-refractivity contribution in [2.75, 3.05) is 7.11 Å². The minimum atomic E-state index is -0.317. The van der Waals surface area contributed by atoms with Crippen LogP contribution in [-0.4, -0.2) is 16.2 Å². The van der Waals surface area contributed by atoms with Gasteiger partial charge in [0.25, 0.3) is 5.56 Å². The van der Waals surface area contributed by atoms with Crippen molar-refractivity contribution in [3.05, 3.63) is 56.4 Å². The molecule has 0 bridgehead atoms. The number of hydrogen-bond acceptors (Lipinski definition) is 3. The van der Waals surface area contributed by atoms with Crippen LogP contribution in [-0.2, 0) is 18.8 Å². The fraction of sp³-hybridized carbons (Fsp3) is 0.375. The van der Waals surface area contributed by atoms with Gasteiger partial charge >= 0.3 is 5.69 Å². The van der Waals surface area contributed by atoms with Crippen molar-refractivity contribution < 1.29 is 4.74 Å². The molecular formula is C16H20N2O3. The number of rotatable bonds is 3. The zero-order valence-electron chi connectivity index (χ0n) is 13.0. The number of benzene rings is 1. The number of nitrogens with zero attached hydrogens (tertiary/aromatic N) is 2. The Hall–Kier alpha value is -2.14. The van der Waals surface area contributed by atoms with Crippen LogP contribution in [0.5, 0.6) is 0 Å². The normalized spacial score (nSPS) is 12.4. The van der Waals surface area contributed by atoms with Gasteiger partial charge in [-0.3, -0.25) is 9.36 Å². The molecule has 21 heavy (non-hydrogen) atoms. The highest BCUT2D eigenvalue weighted by molar-refractivity contribution is 5.65. The lowest BCUT2D eigenvalue weighted by molar-refractivity contribution is 0.119. The molecule has 0 aliphatic heterocycles. The molecule has 0 spiro atoms. The van der Waals surface area contributed by atoms with Crippen molar-refractivity contribution in [2.45, 2.75) is 20.0 Å². The molecule has 0 amide bonds. The number of aromatic nitrogens is 2. The van der Waals surface area contributed by atoms with Gasteiger partial charge in [-0.2, -0.15) is 0 Å². The zero-order chi connectivity index (χ0) is 15.7. The van der Waals surface area contributed by atoms with E-state index in [0.717, 1.165) is 15.7 Å². The molecule has 1 aromatic carbocycles. The van der Waals surface area contributed by atoms with Crippen LogP contribution in [0.4, 0.5) is 0 Å². The highest BCUT2D eigenvalue weighted by atomic mass is 16.5. The summed E-state index contributed by atoms with van der Waals surface area (Å²) in [6.07, 6.45) is -0.0540. The molecule has 0 saturated heterocycles. The van der Waals surface area contributed by atoms with Gasteiger partial charge in [-0.05, 0) is 31.0 Å². The fourth-order valence-corrected chi connectivity index (χ4v) is 2.36. The summed E-state index contributed by atoms with van der Waals surface area (Å²) in [5.74, 6) is 0. The topological polar surface area (TPSA) is 53.2 Å². The molecule has 0 saturated carbocycles. The van der Waals surface area contributed by atoms with Crippen LogP contribution < -0.4 is 11.2 Å². The molecule has 2 rings (SSSR count). The first kappa shape index (κ1) is 15.3. The van der Waals surface area contributed by atoms with Crippen LogP contribution in [0.3, 0.4) is 0 Å². The van der Waals surface area contributed by atoms with Gasteiger partial charge < -0.3 is 9.30 Å². The Balaban J connectivity index is 2.74. The van der Waals surface area contributed by atoms with Gasteiger partial charge in [-0.1, -0.05) is 18.2 Å².